The van der Waals surface area contributed by atoms with Crippen molar-refractivity contribution in [2.75, 3.05) is 7.11 Å². The zero-order chi connectivity index (χ0) is 16.2. The van der Waals surface area contributed by atoms with Gasteiger partial charge in [0.05, 0.1) is 0 Å². The second kappa shape index (κ2) is 6.89. The Morgan fingerprint density at radius 1 is 1.27 bits per heavy atom. The molecule has 1 aromatic heterocycles. The average Bonchev–Trinajstić information content (AvgIpc) is 2.94. The van der Waals surface area contributed by atoms with Crippen molar-refractivity contribution in [3.63, 3.8) is 0 Å². The van der Waals surface area contributed by atoms with Crippen LogP contribution in [0.25, 0.3) is 11.4 Å². The van der Waals surface area contributed by atoms with E-state index in [1.807, 2.05) is 0 Å². The van der Waals surface area contributed by atoms with Crippen LogP contribution in [-0.4, -0.2) is 33.2 Å². The Labute approximate surface area is 125 Å². The monoisotopic (exact) mass is 315 g/mol. The summed E-state index contributed by atoms with van der Waals surface area (Å²) in [6, 6.07) is 6.78. The lowest BCUT2D eigenvalue weighted by molar-refractivity contribution is -0.136. The van der Waals surface area contributed by atoms with Gasteiger partial charge in [-0.1, -0.05) is 24.3 Å². The maximum Gasteiger partial charge on any atom is 0.389 e. The van der Waals surface area contributed by atoms with Crippen LogP contribution in [0.1, 0.15) is 24.7 Å². The molecule has 2 rings (SSSR count). The fourth-order valence-electron chi connectivity index (χ4n) is 1.91. The summed E-state index contributed by atoms with van der Waals surface area (Å²) in [7, 11) is 1.39. The van der Waals surface area contributed by atoms with Gasteiger partial charge < -0.3 is 9.84 Å². The lowest BCUT2D eigenvalue weighted by atomic mass is 10.1. The van der Waals surface area contributed by atoms with Gasteiger partial charge >= 0.3 is 6.18 Å². The summed E-state index contributed by atoms with van der Waals surface area (Å²) in [5.41, 5.74) is 1.30. The minimum Gasteiger partial charge on any atom is -0.364 e. The van der Waals surface area contributed by atoms with Crippen LogP contribution in [0.4, 0.5) is 13.2 Å². The van der Waals surface area contributed by atoms with Gasteiger partial charge in [0.2, 0.25) is 0 Å². The number of hydrogen-bond donors (Lipinski definition) is 1. The second-order valence-corrected chi connectivity index (χ2v) is 4.76. The van der Waals surface area contributed by atoms with Crippen molar-refractivity contribution in [3.8, 4) is 11.4 Å². The molecule has 0 amide bonds. The highest BCUT2D eigenvalue weighted by atomic mass is 19.4. The van der Waals surface area contributed by atoms with Crippen molar-refractivity contribution in [1.82, 2.24) is 14.8 Å². The smallest absolute Gasteiger partial charge is 0.364 e. The van der Waals surface area contributed by atoms with Crippen LogP contribution < -0.4 is 0 Å². The summed E-state index contributed by atoms with van der Waals surface area (Å²) in [6.45, 7) is 0.160. The Morgan fingerprint density at radius 2 is 1.95 bits per heavy atom. The number of aryl methyl sites for hydroxylation is 1. The first kappa shape index (κ1) is 16.4. The van der Waals surface area contributed by atoms with Gasteiger partial charge in [-0.15, -0.1) is 0 Å². The quantitative estimate of drug-likeness (QED) is 0.833. The van der Waals surface area contributed by atoms with E-state index in [2.05, 4.69) is 10.1 Å². The molecule has 1 heterocycles. The van der Waals surface area contributed by atoms with Gasteiger partial charge in [-0.2, -0.15) is 18.3 Å². The minimum absolute atomic E-state index is 0.0364. The van der Waals surface area contributed by atoms with Crippen LogP contribution in [0.15, 0.2) is 30.6 Å². The molecule has 0 aliphatic rings. The van der Waals surface area contributed by atoms with Gasteiger partial charge in [0.25, 0.3) is 0 Å². The van der Waals surface area contributed by atoms with Gasteiger partial charge in [0.1, 0.15) is 6.33 Å². The highest BCUT2D eigenvalue weighted by molar-refractivity contribution is 5.54. The van der Waals surface area contributed by atoms with Crippen LogP contribution >= 0.6 is 0 Å². The van der Waals surface area contributed by atoms with Gasteiger partial charge in [-0.25, -0.2) is 4.98 Å². The first-order valence-electron chi connectivity index (χ1n) is 6.66. The summed E-state index contributed by atoms with van der Waals surface area (Å²) in [4.78, 5) is 4.07. The van der Waals surface area contributed by atoms with Crippen molar-refractivity contribution in [2.45, 2.75) is 31.9 Å². The molecule has 0 aliphatic heterocycles. The summed E-state index contributed by atoms with van der Waals surface area (Å²) in [5, 5.41) is 13.6. The molecule has 1 aromatic carbocycles. The maximum atomic E-state index is 12.1. The Kier molecular flexibility index (Phi) is 5.15. The Balaban J connectivity index is 1.99. The standard InChI is InChI=1S/C14H16F3N3O2/c1-22-13(21)11-5-3-10(4-6-11)12-18-9-20(19-12)8-2-7-14(15,16)17/h3-6,9,13,21H,2,7-8H2,1H3. The number of aromatic nitrogens is 3. The van der Waals surface area contributed by atoms with Crippen LogP contribution in [0.2, 0.25) is 0 Å². The van der Waals surface area contributed by atoms with E-state index in [-0.39, 0.29) is 13.0 Å². The van der Waals surface area contributed by atoms with Crippen LogP contribution in [0, 0.1) is 0 Å². The van der Waals surface area contributed by atoms with E-state index >= 15 is 0 Å². The van der Waals surface area contributed by atoms with E-state index in [9.17, 15) is 18.3 Å². The van der Waals surface area contributed by atoms with Crippen LogP contribution in [0.3, 0.4) is 0 Å². The molecule has 8 heteroatoms. The Hall–Kier alpha value is -1.93. The number of methoxy groups -OCH3 is 1. The van der Waals surface area contributed by atoms with E-state index in [0.29, 0.717) is 17.0 Å². The molecule has 1 N–H and O–H groups in total. The summed E-state index contributed by atoms with van der Waals surface area (Å²) in [6.07, 6.45) is -4.62. The van der Waals surface area contributed by atoms with E-state index in [4.69, 9.17) is 4.74 Å². The third-order valence-corrected chi connectivity index (χ3v) is 3.06. The molecular formula is C14H16F3N3O2. The number of halogens is 3. The van der Waals surface area contributed by atoms with E-state index < -0.39 is 18.9 Å². The molecule has 120 valence electrons. The van der Waals surface area contributed by atoms with Crippen LogP contribution in [-0.2, 0) is 11.3 Å². The number of benzene rings is 1. The van der Waals surface area contributed by atoms with Crippen molar-refractivity contribution in [1.29, 1.82) is 0 Å². The summed E-state index contributed by atoms with van der Waals surface area (Å²) in [5.74, 6) is 0.422. The van der Waals surface area contributed by atoms with E-state index in [0.717, 1.165) is 0 Å². The molecule has 0 radical (unpaired) electrons. The predicted molar refractivity (Wildman–Crippen MR) is 72.7 cm³/mol. The number of ether oxygens (including phenoxy) is 1. The SMILES string of the molecule is COC(O)c1ccc(-c2ncn(CCCC(F)(F)F)n2)cc1. The molecule has 0 spiro atoms. The zero-order valence-electron chi connectivity index (χ0n) is 11.9. The first-order chi connectivity index (χ1) is 10.4. The van der Waals surface area contributed by atoms with Gasteiger partial charge in [0, 0.05) is 31.2 Å². The summed E-state index contributed by atoms with van der Waals surface area (Å²) < 4.78 is 42.4. The molecular weight excluding hydrogens is 299 g/mol. The van der Waals surface area contributed by atoms with Crippen molar-refractivity contribution >= 4 is 0 Å². The number of aliphatic hydroxyl groups excluding tert-OH is 1. The molecule has 1 atom stereocenters. The van der Waals surface area contributed by atoms with E-state index in [1.165, 1.54) is 18.1 Å². The molecule has 5 nitrogen and oxygen atoms in total. The number of rotatable bonds is 6. The molecule has 22 heavy (non-hydrogen) atoms. The number of aliphatic hydroxyl groups is 1. The highest BCUT2D eigenvalue weighted by Crippen LogP contribution is 2.22. The lowest BCUT2D eigenvalue weighted by Gasteiger charge is -2.08. The second-order valence-electron chi connectivity index (χ2n) is 4.76. The predicted octanol–water partition coefficient (Wildman–Crippen LogP) is 2.92. The Bertz CT molecular complexity index is 596. The van der Waals surface area contributed by atoms with Crippen molar-refractivity contribution < 1.29 is 23.0 Å². The third kappa shape index (κ3) is 4.54. The average molecular weight is 315 g/mol. The number of hydrogen-bond acceptors (Lipinski definition) is 4. The van der Waals surface area contributed by atoms with Crippen molar-refractivity contribution in [3.05, 3.63) is 36.2 Å². The lowest BCUT2D eigenvalue weighted by Crippen LogP contribution is -2.09. The Morgan fingerprint density at radius 3 is 2.55 bits per heavy atom. The largest absolute Gasteiger partial charge is 0.389 e. The molecule has 0 saturated heterocycles. The minimum atomic E-state index is -4.15. The molecule has 0 bridgehead atoms. The normalized spacial score (nSPS) is 13.3. The molecule has 1 unspecified atom stereocenters. The topological polar surface area (TPSA) is 60.2 Å². The zero-order valence-corrected chi connectivity index (χ0v) is 11.9. The number of nitrogens with zero attached hydrogens (tertiary/aromatic N) is 3. The summed E-state index contributed by atoms with van der Waals surface area (Å²) >= 11 is 0. The molecule has 0 fully saturated rings. The van der Waals surface area contributed by atoms with Gasteiger partial charge in [0.15, 0.2) is 12.1 Å². The fourth-order valence-corrected chi connectivity index (χ4v) is 1.91. The van der Waals surface area contributed by atoms with Gasteiger partial charge in [-0.3, -0.25) is 4.68 Å². The van der Waals surface area contributed by atoms with Gasteiger partial charge in [-0.05, 0) is 6.42 Å². The maximum absolute atomic E-state index is 12.1. The molecule has 0 saturated carbocycles. The van der Waals surface area contributed by atoms with Crippen LogP contribution in [0.5, 0.6) is 0 Å². The fraction of sp³-hybridized carbons (Fsp3) is 0.429. The molecule has 2 aromatic rings. The van der Waals surface area contributed by atoms with E-state index in [1.54, 1.807) is 24.3 Å². The van der Waals surface area contributed by atoms with Crippen molar-refractivity contribution in [2.24, 2.45) is 0 Å². The number of alkyl halides is 3. The third-order valence-electron chi connectivity index (χ3n) is 3.06. The first-order valence-corrected chi connectivity index (χ1v) is 6.66. The molecule has 0 aliphatic carbocycles. The highest BCUT2D eigenvalue weighted by Gasteiger charge is 2.26.